The SMILES string of the molecule is CNCC(=O)Nc1cccc(C(=O)NCCOC)c1. The number of hydrogen-bond donors (Lipinski definition) is 3. The fraction of sp³-hybridized carbons (Fsp3) is 0.385. The Morgan fingerprint density at radius 1 is 1.32 bits per heavy atom. The van der Waals surface area contributed by atoms with Gasteiger partial charge in [0.15, 0.2) is 0 Å². The smallest absolute Gasteiger partial charge is 0.251 e. The largest absolute Gasteiger partial charge is 0.383 e. The average molecular weight is 265 g/mol. The molecule has 0 aliphatic heterocycles. The second-order valence-electron chi connectivity index (χ2n) is 3.91. The number of ether oxygens (including phenoxy) is 1. The van der Waals surface area contributed by atoms with Gasteiger partial charge in [0.25, 0.3) is 5.91 Å². The third-order valence-electron chi connectivity index (χ3n) is 2.34. The number of rotatable bonds is 7. The van der Waals surface area contributed by atoms with Gasteiger partial charge in [0.05, 0.1) is 13.2 Å². The summed E-state index contributed by atoms with van der Waals surface area (Å²) in [6.45, 7) is 1.14. The zero-order chi connectivity index (χ0) is 14.1. The van der Waals surface area contributed by atoms with Crippen molar-refractivity contribution in [2.75, 3.05) is 39.2 Å². The number of likely N-dealkylation sites (N-methyl/N-ethyl adjacent to an activating group) is 1. The van der Waals surface area contributed by atoms with Crippen LogP contribution in [0.15, 0.2) is 24.3 Å². The standard InChI is InChI=1S/C13H19N3O3/c1-14-9-12(17)16-11-5-3-4-10(8-11)13(18)15-6-7-19-2/h3-5,8,14H,6-7,9H2,1-2H3,(H,15,18)(H,16,17). The van der Waals surface area contributed by atoms with E-state index in [-0.39, 0.29) is 18.4 Å². The number of amides is 2. The molecule has 3 N–H and O–H groups in total. The van der Waals surface area contributed by atoms with Gasteiger partial charge in [0, 0.05) is 24.9 Å². The number of nitrogens with one attached hydrogen (secondary N) is 3. The summed E-state index contributed by atoms with van der Waals surface area (Å²) in [5, 5.41) is 8.17. The molecule has 104 valence electrons. The Morgan fingerprint density at radius 2 is 2.11 bits per heavy atom. The van der Waals surface area contributed by atoms with Gasteiger partial charge in [-0.25, -0.2) is 0 Å². The molecule has 0 aromatic heterocycles. The molecule has 0 bridgehead atoms. The molecule has 0 aliphatic rings. The molecule has 1 rings (SSSR count). The van der Waals surface area contributed by atoms with Crippen LogP contribution in [0.25, 0.3) is 0 Å². The van der Waals surface area contributed by atoms with Crippen molar-refractivity contribution < 1.29 is 14.3 Å². The molecule has 0 aliphatic carbocycles. The van der Waals surface area contributed by atoms with Crippen LogP contribution in [-0.4, -0.2) is 45.7 Å². The minimum atomic E-state index is -0.193. The van der Waals surface area contributed by atoms with Gasteiger partial charge in [0.2, 0.25) is 5.91 Å². The fourth-order valence-corrected chi connectivity index (χ4v) is 1.47. The Kier molecular flexibility index (Phi) is 6.56. The maximum Gasteiger partial charge on any atom is 0.251 e. The second kappa shape index (κ2) is 8.23. The van der Waals surface area contributed by atoms with E-state index >= 15 is 0 Å². The number of methoxy groups -OCH3 is 1. The molecule has 0 unspecified atom stereocenters. The lowest BCUT2D eigenvalue weighted by atomic mass is 10.2. The van der Waals surface area contributed by atoms with Crippen LogP contribution in [0.3, 0.4) is 0 Å². The molecule has 0 fully saturated rings. The van der Waals surface area contributed by atoms with Crippen LogP contribution in [-0.2, 0) is 9.53 Å². The monoisotopic (exact) mass is 265 g/mol. The zero-order valence-electron chi connectivity index (χ0n) is 11.2. The first-order valence-electron chi connectivity index (χ1n) is 5.99. The predicted octanol–water partition coefficient (Wildman–Crippen LogP) is 0.221. The van der Waals surface area contributed by atoms with Crippen molar-refractivity contribution in [2.45, 2.75) is 0 Å². The average Bonchev–Trinajstić information content (AvgIpc) is 2.39. The maximum atomic E-state index is 11.8. The highest BCUT2D eigenvalue weighted by atomic mass is 16.5. The lowest BCUT2D eigenvalue weighted by molar-refractivity contribution is -0.115. The number of anilines is 1. The van der Waals surface area contributed by atoms with E-state index in [1.165, 1.54) is 0 Å². The molecule has 2 amide bonds. The number of hydrogen-bond acceptors (Lipinski definition) is 4. The molecule has 1 aromatic rings. The summed E-state index contributed by atoms with van der Waals surface area (Å²) >= 11 is 0. The van der Waals surface area contributed by atoms with Crippen molar-refractivity contribution in [3.05, 3.63) is 29.8 Å². The fourth-order valence-electron chi connectivity index (χ4n) is 1.47. The minimum absolute atomic E-state index is 0.153. The molecule has 19 heavy (non-hydrogen) atoms. The lowest BCUT2D eigenvalue weighted by Crippen LogP contribution is -2.27. The number of carbonyl (C=O) groups is 2. The van der Waals surface area contributed by atoms with Gasteiger partial charge in [-0.15, -0.1) is 0 Å². The molecule has 0 heterocycles. The second-order valence-corrected chi connectivity index (χ2v) is 3.91. The lowest BCUT2D eigenvalue weighted by Gasteiger charge is -2.08. The van der Waals surface area contributed by atoms with Crippen LogP contribution in [0, 0.1) is 0 Å². The minimum Gasteiger partial charge on any atom is -0.383 e. The van der Waals surface area contributed by atoms with E-state index in [9.17, 15) is 9.59 Å². The van der Waals surface area contributed by atoms with Gasteiger partial charge < -0.3 is 20.7 Å². The van der Waals surface area contributed by atoms with E-state index in [1.54, 1.807) is 38.4 Å². The topological polar surface area (TPSA) is 79.5 Å². The van der Waals surface area contributed by atoms with Crippen LogP contribution < -0.4 is 16.0 Å². The highest BCUT2D eigenvalue weighted by Crippen LogP contribution is 2.10. The molecule has 0 saturated carbocycles. The van der Waals surface area contributed by atoms with Crippen LogP contribution in [0.5, 0.6) is 0 Å². The van der Waals surface area contributed by atoms with Crippen LogP contribution >= 0.6 is 0 Å². The van der Waals surface area contributed by atoms with Crippen molar-refractivity contribution in [3.8, 4) is 0 Å². The first-order chi connectivity index (χ1) is 9.17. The zero-order valence-corrected chi connectivity index (χ0v) is 11.2. The first kappa shape index (κ1) is 15.1. The van der Waals surface area contributed by atoms with Gasteiger partial charge in [0.1, 0.15) is 0 Å². The van der Waals surface area contributed by atoms with Gasteiger partial charge in [-0.2, -0.15) is 0 Å². The molecule has 0 radical (unpaired) electrons. The first-order valence-corrected chi connectivity index (χ1v) is 5.99. The van der Waals surface area contributed by atoms with E-state index in [4.69, 9.17) is 4.74 Å². The van der Waals surface area contributed by atoms with Crippen LogP contribution in [0.1, 0.15) is 10.4 Å². The molecule has 0 spiro atoms. The molecule has 6 heteroatoms. The van der Waals surface area contributed by atoms with Gasteiger partial charge in [-0.1, -0.05) is 6.07 Å². The highest BCUT2D eigenvalue weighted by molar-refractivity contribution is 5.97. The van der Waals surface area contributed by atoms with Crippen LogP contribution in [0.2, 0.25) is 0 Å². The number of benzene rings is 1. The summed E-state index contributed by atoms with van der Waals surface area (Å²) < 4.78 is 4.85. The number of carbonyl (C=O) groups excluding carboxylic acids is 2. The van der Waals surface area contributed by atoms with Crippen molar-refractivity contribution in [3.63, 3.8) is 0 Å². The van der Waals surface area contributed by atoms with Crippen LogP contribution in [0.4, 0.5) is 5.69 Å². The Bertz CT molecular complexity index is 435. The summed E-state index contributed by atoms with van der Waals surface area (Å²) in [5.41, 5.74) is 1.10. The summed E-state index contributed by atoms with van der Waals surface area (Å²) in [7, 11) is 3.27. The Balaban J connectivity index is 2.60. The van der Waals surface area contributed by atoms with E-state index in [1.807, 2.05) is 0 Å². The van der Waals surface area contributed by atoms with E-state index in [2.05, 4.69) is 16.0 Å². The Labute approximate surface area is 112 Å². The quantitative estimate of drug-likeness (QED) is 0.616. The molecular formula is C13H19N3O3. The Hall–Kier alpha value is -1.92. The van der Waals surface area contributed by atoms with E-state index < -0.39 is 0 Å². The third-order valence-corrected chi connectivity index (χ3v) is 2.34. The summed E-state index contributed by atoms with van der Waals surface area (Å²) in [6.07, 6.45) is 0. The van der Waals surface area contributed by atoms with Crippen molar-refractivity contribution in [2.24, 2.45) is 0 Å². The Morgan fingerprint density at radius 3 is 2.79 bits per heavy atom. The maximum absolute atomic E-state index is 11.8. The van der Waals surface area contributed by atoms with Crippen molar-refractivity contribution >= 4 is 17.5 Å². The summed E-state index contributed by atoms with van der Waals surface area (Å²) in [4.78, 5) is 23.2. The molecule has 0 atom stereocenters. The molecular weight excluding hydrogens is 246 g/mol. The van der Waals surface area contributed by atoms with Gasteiger partial charge in [-0.3, -0.25) is 9.59 Å². The molecule has 1 aromatic carbocycles. The van der Waals surface area contributed by atoms with Crippen molar-refractivity contribution in [1.29, 1.82) is 0 Å². The van der Waals surface area contributed by atoms with Gasteiger partial charge >= 0.3 is 0 Å². The normalized spacial score (nSPS) is 10.0. The summed E-state index contributed by atoms with van der Waals surface area (Å²) in [6, 6.07) is 6.78. The van der Waals surface area contributed by atoms with Crippen molar-refractivity contribution in [1.82, 2.24) is 10.6 Å². The highest BCUT2D eigenvalue weighted by Gasteiger charge is 2.06. The van der Waals surface area contributed by atoms with E-state index in [0.717, 1.165) is 0 Å². The van der Waals surface area contributed by atoms with Gasteiger partial charge in [-0.05, 0) is 25.2 Å². The summed E-state index contributed by atoms with van der Waals surface area (Å²) in [5.74, 6) is -0.346. The van der Waals surface area contributed by atoms with E-state index in [0.29, 0.717) is 24.4 Å². The predicted molar refractivity (Wildman–Crippen MR) is 73.2 cm³/mol. The molecule has 0 saturated heterocycles. The third kappa shape index (κ3) is 5.50. The molecule has 6 nitrogen and oxygen atoms in total.